The predicted molar refractivity (Wildman–Crippen MR) is 50.8 cm³/mol. The lowest BCUT2D eigenvalue weighted by Gasteiger charge is -2.49. The molecule has 70 valence electrons. The van der Waals surface area contributed by atoms with Crippen molar-refractivity contribution in [2.45, 2.75) is 50.6 Å². The highest BCUT2D eigenvalue weighted by Gasteiger charge is 2.34. The lowest BCUT2D eigenvalue weighted by atomic mass is 9.86. The average molecular weight is 168 g/mol. The molecule has 0 aromatic rings. The maximum atomic E-state index is 2.62. The van der Waals surface area contributed by atoms with E-state index in [0.717, 1.165) is 12.1 Å². The highest BCUT2D eigenvalue weighted by molar-refractivity contribution is 4.86. The molecule has 0 amide bonds. The highest BCUT2D eigenvalue weighted by Crippen LogP contribution is 2.33. The molecule has 2 fully saturated rings. The van der Waals surface area contributed by atoms with Crippen LogP contribution < -0.4 is 0 Å². The number of hydrazine groups is 1. The van der Waals surface area contributed by atoms with Crippen LogP contribution in [0.15, 0.2) is 0 Å². The van der Waals surface area contributed by atoms with Crippen molar-refractivity contribution in [3.8, 4) is 0 Å². The van der Waals surface area contributed by atoms with Gasteiger partial charge in [-0.25, -0.2) is 10.0 Å². The summed E-state index contributed by atoms with van der Waals surface area (Å²) in [6, 6.07) is 1.74. The van der Waals surface area contributed by atoms with Gasteiger partial charge in [-0.15, -0.1) is 0 Å². The summed E-state index contributed by atoms with van der Waals surface area (Å²) in [6.45, 7) is 0. The third-order valence-electron chi connectivity index (χ3n) is 3.36. The van der Waals surface area contributed by atoms with Crippen LogP contribution in [0.5, 0.6) is 0 Å². The first-order valence-corrected chi connectivity index (χ1v) is 5.24. The third kappa shape index (κ3) is 1.38. The van der Waals surface area contributed by atoms with Crippen LogP contribution in [0.1, 0.15) is 38.5 Å². The van der Waals surface area contributed by atoms with Gasteiger partial charge < -0.3 is 0 Å². The van der Waals surface area contributed by atoms with Crippen LogP contribution in [0, 0.1) is 0 Å². The van der Waals surface area contributed by atoms with Gasteiger partial charge in [0.25, 0.3) is 0 Å². The van der Waals surface area contributed by atoms with E-state index in [1.807, 2.05) is 0 Å². The molecule has 0 radical (unpaired) electrons. The van der Waals surface area contributed by atoms with Crippen molar-refractivity contribution in [3.05, 3.63) is 0 Å². The van der Waals surface area contributed by atoms with Gasteiger partial charge >= 0.3 is 0 Å². The number of hydrogen-bond donors (Lipinski definition) is 0. The fraction of sp³-hybridized carbons (Fsp3) is 1.00. The molecule has 0 spiro atoms. The molecule has 2 nitrogen and oxygen atoms in total. The molecular weight excluding hydrogens is 148 g/mol. The van der Waals surface area contributed by atoms with Crippen LogP contribution in [0.2, 0.25) is 0 Å². The molecular formula is C10H20N2. The summed E-state index contributed by atoms with van der Waals surface area (Å²) in [4.78, 5) is 0. The van der Waals surface area contributed by atoms with Gasteiger partial charge in [0.1, 0.15) is 0 Å². The maximum absolute atomic E-state index is 2.62. The van der Waals surface area contributed by atoms with Crippen LogP contribution in [0.25, 0.3) is 0 Å². The van der Waals surface area contributed by atoms with Gasteiger partial charge in [0, 0.05) is 26.2 Å². The van der Waals surface area contributed by atoms with Crippen LogP contribution in [0.3, 0.4) is 0 Å². The zero-order valence-corrected chi connectivity index (χ0v) is 8.29. The van der Waals surface area contributed by atoms with Crippen LogP contribution >= 0.6 is 0 Å². The second-order valence-electron chi connectivity index (χ2n) is 4.40. The van der Waals surface area contributed by atoms with Crippen LogP contribution in [0.4, 0.5) is 0 Å². The van der Waals surface area contributed by atoms with E-state index in [1.54, 1.807) is 0 Å². The molecule has 2 aliphatic rings. The van der Waals surface area contributed by atoms with Crippen molar-refractivity contribution in [1.82, 2.24) is 10.0 Å². The summed E-state index contributed by atoms with van der Waals surface area (Å²) >= 11 is 0. The Morgan fingerprint density at radius 3 is 1.58 bits per heavy atom. The quantitative estimate of drug-likeness (QED) is 0.590. The Morgan fingerprint density at radius 1 is 0.917 bits per heavy atom. The van der Waals surface area contributed by atoms with Crippen molar-refractivity contribution < 1.29 is 0 Å². The van der Waals surface area contributed by atoms with Gasteiger partial charge in [-0.2, -0.15) is 0 Å². The minimum Gasteiger partial charge on any atom is -0.247 e. The number of rotatable bonds is 1. The van der Waals surface area contributed by atoms with E-state index in [0.29, 0.717) is 0 Å². The number of nitrogens with zero attached hydrogens (tertiary/aromatic N) is 2. The highest BCUT2D eigenvalue weighted by atomic mass is 15.6. The summed E-state index contributed by atoms with van der Waals surface area (Å²) in [5, 5.41) is 4.93. The summed E-state index contributed by atoms with van der Waals surface area (Å²) in [5.41, 5.74) is 0. The largest absolute Gasteiger partial charge is 0.247 e. The van der Waals surface area contributed by atoms with E-state index in [9.17, 15) is 0 Å². The normalized spacial score (nSPS) is 37.2. The monoisotopic (exact) mass is 168 g/mol. The van der Waals surface area contributed by atoms with E-state index in [-0.39, 0.29) is 0 Å². The molecule has 2 heterocycles. The molecule has 0 aromatic heterocycles. The average Bonchev–Trinajstić information content (AvgIpc) is 2.02. The Labute approximate surface area is 75.5 Å². The lowest BCUT2D eigenvalue weighted by Crippen LogP contribution is -2.55. The third-order valence-corrected chi connectivity index (χ3v) is 3.36. The van der Waals surface area contributed by atoms with Gasteiger partial charge in [0.15, 0.2) is 0 Å². The van der Waals surface area contributed by atoms with Crippen molar-refractivity contribution in [1.29, 1.82) is 0 Å². The van der Waals surface area contributed by atoms with E-state index in [2.05, 4.69) is 24.1 Å². The molecule has 0 aliphatic carbocycles. The van der Waals surface area contributed by atoms with Crippen LogP contribution in [-0.4, -0.2) is 36.2 Å². The number of fused-ring (bicyclic) bond motifs is 2. The molecule has 2 aliphatic heterocycles. The summed E-state index contributed by atoms with van der Waals surface area (Å²) in [5.74, 6) is 0. The fourth-order valence-corrected chi connectivity index (χ4v) is 2.95. The van der Waals surface area contributed by atoms with E-state index in [4.69, 9.17) is 0 Å². The minimum atomic E-state index is 0.868. The summed E-state index contributed by atoms with van der Waals surface area (Å²) in [6.07, 6.45) is 8.62. The Kier molecular flexibility index (Phi) is 2.37. The smallest absolute Gasteiger partial charge is 0.0248 e. The van der Waals surface area contributed by atoms with E-state index in [1.165, 1.54) is 38.5 Å². The van der Waals surface area contributed by atoms with Crippen molar-refractivity contribution in [3.63, 3.8) is 0 Å². The zero-order chi connectivity index (χ0) is 8.55. The topological polar surface area (TPSA) is 6.48 Å². The molecule has 2 saturated heterocycles. The number of piperidine rings is 2. The van der Waals surface area contributed by atoms with Gasteiger partial charge in [0.2, 0.25) is 0 Å². The molecule has 0 saturated carbocycles. The van der Waals surface area contributed by atoms with Crippen molar-refractivity contribution in [2.75, 3.05) is 14.1 Å². The SMILES string of the molecule is CN(C)N1C2CCCC1CCC2. The van der Waals surface area contributed by atoms with Crippen molar-refractivity contribution in [2.24, 2.45) is 0 Å². The molecule has 0 unspecified atom stereocenters. The molecule has 0 N–H and O–H groups in total. The minimum absolute atomic E-state index is 0.868. The van der Waals surface area contributed by atoms with Gasteiger partial charge in [-0.3, -0.25) is 0 Å². The Balaban J connectivity index is 2.08. The fourth-order valence-electron chi connectivity index (χ4n) is 2.95. The Bertz CT molecular complexity index is 134. The van der Waals surface area contributed by atoms with E-state index >= 15 is 0 Å². The Morgan fingerprint density at radius 2 is 1.33 bits per heavy atom. The molecule has 12 heavy (non-hydrogen) atoms. The molecule has 2 rings (SSSR count). The maximum Gasteiger partial charge on any atom is 0.0248 e. The predicted octanol–water partition coefficient (Wildman–Crippen LogP) is 1.87. The molecule has 0 atom stereocenters. The first-order chi connectivity index (χ1) is 5.79. The second-order valence-corrected chi connectivity index (χ2v) is 4.40. The molecule has 2 bridgehead atoms. The van der Waals surface area contributed by atoms with Gasteiger partial charge in [-0.1, -0.05) is 12.8 Å². The van der Waals surface area contributed by atoms with E-state index < -0.39 is 0 Å². The standard InChI is InChI=1S/C10H20N2/c1-11(2)12-9-5-3-6-10(12)8-4-7-9/h9-10H,3-8H2,1-2H3. The molecule has 0 aromatic carbocycles. The van der Waals surface area contributed by atoms with Gasteiger partial charge in [0.05, 0.1) is 0 Å². The molecule has 2 heteroatoms. The first kappa shape index (κ1) is 8.52. The summed E-state index contributed by atoms with van der Waals surface area (Å²) < 4.78 is 0. The first-order valence-electron chi connectivity index (χ1n) is 5.24. The Hall–Kier alpha value is -0.0800. The lowest BCUT2D eigenvalue weighted by molar-refractivity contribution is -0.105. The summed E-state index contributed by atoms with van der Waals surface area (Å²) in [7, 11) is 4.38. The number of hydrogen-bond acceptors (Lipinski definition) is 2. The second kappa shape index (κ2) is 3.35. The zero-order valence-electron chi connectivity index (χ0n) is 8.29. The van der Waals surface area contributed by atoms with Crippen LogP contribution in [-0.2, 0) is 0 Å². The van der Waals surface area contributed by atoms with Crippen molar-refractivity contribution >= 4 is 0 Å². The van der Waals surface area contributed by atoms with Gasteiger partial charge in [-0.05, 0) is 25.7 Å².